The molecular weight excluding hydrogens is 296 g/mol. The first-order valence-corrected chi connectivity index (χ1v) is 0. The van der Waals surface area contributed by atoms with Crippen LogP contribution in [0.25, 0.3) is 0 Å². The fourth-order valence-corrected chi connectivity index (χ4v) is 0. The molecule has 0 rings (SSSR count). The molecule has 0 aliphatic carbocycles. The van der Waals surface area contributed by atoms with Gasteiger partial charge >= 0.3 is 66.1 Å². The first kappa shape index (κ1) is 60.3. The van der Waals surface area contributed by atoms with Gasteiger partial charge in [-0.2, -0.15) is 0 Å². The molecule has 0 fully saturated rings. The zero-order valence-corrected chi connectivity index (χ0v) is 6.80. The molecule has 5 heavy (non-hydrogen) atoms. The van der Waals surface area contributed by atoms with E-state index in [1.54, 1.807) is 0 Å². The minimum absolute atomic E-state index is 0. The Bertz CT molecular complexity index is 6.85. The van der Waals surface area contributed by atoms with E-state index in [9.17, 15) is 0 Å². The topological polar surface area (TPSA) is 85.5 Å². The van der Waals surface area contributed by atoms with Gasteiger partial charge in [0.1, 0.15) is 0 Å². The molecule has 0 saturated carbocycles. The van der Waals surface area contributed by atoms with Gasteiger partial charge in [-0.05, 0) is 0 Å². The molecule has 0 unspecified atom stereocenters. The number of rotatable bonds is 0. The number of hydrogen-bond donors (Lipinski definition) is 0. The van der Waals surface area contributed by atoms with Crippen molar-refractivity contribution in [3.05, 3.63) is 0 Å². The molecule has 0 aliphatic heterocycles. The van der Waals surface area contributed by atoms with Crippen molar-refractivity contribution in [3.63, 3.8) is 0 Å². The van der Waals surface area contributed by atoms with E-state index in [-0.39, 0.29) is 82.6 Å². The van der Waals surface area contributed by atoms with Gasteiger partial charge in [-0.1, -0.05) is 0 Å². The Morgan fingerprint density at radius 3 is 0.600 bits per heavy atom. The van der Waals surface area contributed by atoms with Crippen molar-refractivity contribution in [1.82, 2.24) is 0 Å². The second kappa shape index (κ2) is 36.2. The van der Waals surface area contributed by atoms with Gasteiger partial charge in [0.15, 0.2) is 0 Å². The summed E-state index contributed by atoms with van der Waals surface area (Å²) in [6.45, 7) is 0. The molecule has 0 aromatic carbocycles. The average Bonchev–Trinajstić information content (AvgIpc) is 0. The van der Waals surface area contributed by atoms with Crippen LogP contribution in [0.3, 0.4) is 0 Å². The minimum Gasteiger partial charge on any atom is -2.00 e. The van der Waals surface area contributed by atoms with Gasteiger partial charge < -0.3 is 16.4 Å². The van der Waals surface area contributed by atoms with Gasteiger partial charge in [0.2, 0.25) is 0 Å². The van der Waals surface area contributed by atoms with Crippen molar-refractivity contribution < 1.29 is 82.6 Å². The standard InChI is InChI=1S/Gd.3O.Zr/q+3;3*-2;+4. The van der Waals surface area contributed by atoms with E-state index in [4.69, 9.17) is 0 Å². The van der Waals surface area contributed by atoms with Gasteiger partial charge in [-0.15, -0.1) is 0 Å². The Morgan fingerprint density at radius 1 is 0.600 bits per heavy atom. The second-order valence-electron chi connectivity index (χ2n) is 0. The van der Waals surface area contributed by atoms with E-state index in [0.29, 0.717) is 0 Å². The molecule has 0 saturated heterocycles. The summed E-state index contributed by atoms with van der Waals surface area (Å²) in [7, 11) is 0. The van der Waals surface area contributed by atoms with Crippen LogP contribution < -0.4 is 0 Å². The molecule has 0 aliphatic rings. The fraction of sp³-hybridized carbons (Fsp3) is 0. The summed E-state index contributed by atoms with van der Waals surface area (Å²) in [6, 6.07) is 0. The van der Waals surface area contributed by atoms with Crippen molar-refractivity contribution in [3.8, 4) is 0 Å². The van der Waals surface area contributed by atoms with Crippen LogP contribution >= 0.6 is 0 Å². The molecule has 0 atom stereocenters. The summed E-state index contributed by atoms with van der Waals surface area (Å²) in [6.07, 6.45) is 0. The normalized spacial score (nSPS) is 0. The van der Waals surface area contributed by atoms with E-state index in [1.807, 2.05) is 0 Å². The first-order chi connectivity index (χ1) is 0. The summed E-state index contributed by atoms with van der Waals surface area (Å²) >= 11 is 0. The van der Waals surface area contributed by atoms with Crippen LogP contribution in [0.2, 0.25) is 0 Å². The summed E-state index contributed by atoms with van der Waals surface area (Å²) in [4.78, 5) is 0. The Kier molecular flexibility index (Phi) is 436. The van der Waals surface area contributed by atoms with Gasteiger partial charge in [0.25, 0.3) is 0 Å². The third-order valence-corrected chi connectivity index (χ3v) is 0. The summed E-state index contributed by atoms with van der Waals surface area (Å²) < 4.78 is 0. The molecule has 0 N–H and O–H groups in total. The van der Waals surface area contributed by atoms with E-state index in [2.05, 4.69) is 0 Å². The van der Waals surface area contributed by atoms with Gasteiger partial charge in [-0.3, -0.25) is 0 Å². The van der Waals surface area contributed by atoms with E-state index >= 15 is 0 Å². The van der Waals surface area contributed by atoms with E-state index in [1.165, 1.54) is 0 Å². The van der Waals surface area contributed by atoms with Crippen molar-refractivity contribution in [2.75, 3.05) is 0 Å². The van der Waals surface area contributed by atoms with Gasteiger partial charge in [0.05, 0.1) is 0 Å². The zero-order valence-electron chi connectivity index (χ0n) is 2.08. The summed E-state index contributed by atoms with van der Waals surface area (Å²) in [5, 5.41) is 0. The van der Waals surface area contributed by atoms with Crippen LogP contribution in [0.4, 0.5) is 0 Å². The zero-order chi connectivity index (χ0) is 0. The summed E-state index contributed by atoms with van der Waals surface area (Å²) in [5.41, 5.74) is 0. The molecule has 0 bridgehead atoms. The van der Waals surface area contributed by atoms with Gasteiger partial charge in [-0.25, -0.2) is 0 Å². The van der Waals surface area contributed by atoms with Crippen molar-refractivity contribution in [2.24, 2.45) is 0 Å². The molecular formula is GdO3Zr+. The molecule has 29 valence electrons. The predicted molar refractivity (Wildman–Crippen MR) is 2.06 cm³/mol. The van der Waals surface area contributed by atoms with Crippen molar-refractivity contribution >= 4 is 0 Å². The molecule has 1 radical (unpaired) electrons. The van der Waals surface area contributed by atoms with E-state index < -0.39 is 0 Å². The van der Waals surface area contributed by atoms with Crippen LogP contribution in [0.5, 0.6) is 0 Å². The largest absolute Gasteiger partial charge is 4.00 e. The Hall–Kier alpha value is 2.09. The Labute approximate surface area is 81.2 Å². The van der Waals surface area contributed by atoms with Crippen LogP contribution in [0.1, 0.15) is 0 Å². The molecule has 0 aromatic heterocycles. The quantitative estimate of drug-likeness (QED) is 0.585. The van der Waals surface area contributed by atoms with Gasteiger partial charge in [0, 0.05) is 0 Å². The number of hydrogen-bond acceptors (Lipinski definition) is 0. The third kappa shape index (κ3) is 23.3. The Morgan fingerprint density at radius 2 is 0.600 bits per heavy atom. The maximum absolute atomic E-state index is 0. The third-order valence-electron chi connectivity index (χ3n) is 0. The Balaban J connectivity index is 0. The minimum atomic E-state index is 0. The first-order valence-electron chi connectivity index (χ1n) is 0. The maximum atomic E-state index is 0. The second-order valence-corrected chi connectivity index (χ2v) is 0. The maximum Gasteiger partial charge on any atom is 4.00 e. The molecule has 0 aromatic rings. The van der Waals surface area contributed by atoms with Crippen molar-refractivity contribution in [2.45, 2.75) is 0 Å². The van der Waals surface area contributed by atoms with Crippen LogP contribution in [0.15, 0.2) is 0 Å². The fourth-order valence-electron chi connectivity index (χ4n) is 0. The van der Waals surface area contributed by atoms with Crippen LogP contribution in [0, 0.1) is 39.9 Å². The molecule has 0 spiro atoms. The van der Waals surface area contributed by atoms with E-state index in [0.717, 1.165) is 0 Å². The monoisotopic (exact) mass is 296 g/mol. The van der Waals surface area contributed by atoms with Crippen molar-refractivity contribution in [1.29, 1.82) is 0 Å². The average molecular weight is 296 g/mol. The molecule has 3 nitrogen and oxygen atoms in total. The van der Waals surface area contributed by atoms with Crippen LogP contribution in [-0.4, -0.2) is 0 Å². The summed E-state index contributed by atoms with van der Waals surface area (Å²) in [5.74, 6) is 0. The SMILES string of the molecule is [Gd+3].[O-2].[O-2].[O-2].[Zr+4]. The molecule has 0 amide bonds. The molecule has 0 heterocycles. The smallest absolute Gasteiger partial charge is 2.00 e. The predicted octanol–water partition coefficient (Wildman–Crippen LogP) is -0.359. The molecule has 5 heteroatoms. The van der Waals surface area contributed by atoms with Crippen LogP contribution in [-0.2, 0) is 42.6 Å².